The Labute approximate surface area is 126 Å². The number of fused-ring (bicyclic) bond motifs is 1. The largest absolute Gasteiger partial charge is 0.454 e. The van der Waals surface area contributed by atoms with Gasteiger partial charge in [0.25, 0.3) is 5.91 Å². The van der Waals surface area contributed by atoms with Crippen LogP contribution in [0, 0.1) is 0 Å². The summed E-state index contributed by atoms with van der Waals surface area (Å²) in [5, 5.41) is 5.17. The minimum atomic E-state index is -0.401. The van der Waals surface area contributed by atoms with Crippen LogP contribution in [0.15, 0.2) is 42.6 Å². The van der Waals surface area contributed by atoms with E-state index < -0.39 is 5.91 Å². The Morgan fingerprint density at radius 1 is 1.14 bits per heavy atom. The monoisotopic (exact) mass is 299 g/mol. The van der Waals surface area contributed by atoms with E-state index in [2.05, 4.69) is 15.6 Å². The minimum Gasteiger partial charge on any atom is -0.454 e. The van der Waals surface area contributed by atoms with Crippen molar-refractivity contribution in [2.75, 3.05) is 18.7 Å². The average molecular weight is 299 g/mol. The molecule has 1 aromatic heterocycles. The lowest BCUT2D eigenvalue weighted by Gasteiger charge is -2.07. The highest BCUT2D eigenvalue weighted by molar-refractivity contribution is 5.98. The lowest BCUT2D eigenvalue weighted by atomic mass is 10.2. The van der Waals surface area contributed by atoms with E-state index in [1.165, 1.54) is 6.20 Å². The van der Waals surface area contributed by atoms with Crippen molar-refractivity contribution in [1.29, 1.82) is 0 Å². The molecule has 2 N–H and O–H groups in total. The van der Waals surface area contributed by atoms with Gasteiger partial charge >= 0.3 is 0 Å². The van der Waals surface area contributed by atoms with Crippen molar-refractivity contribution < 1.29 is 19.1 Å². The summed E-state index contributed by atoms with van der Waals surface area (Å²) in [5.74, 6) is 0.473. The third-order valence-electron chi connectivity index (χ3n) is 2.96. The van der Waals surface area contributed by atoms with Crippen LogP contribution in [0.2, 0.25) is 0 Å². The highest BCUT2D eigenvalue weighted by Gasteiger charge is 2.14. The van der Waals surface area contributed by atoms with Crippen LogP contribution in [-0.4, -0.2) is 30.1 Å². The lowest BCUT2D eigenvalue weighted by molar-refractivity contribution is -0.115. The molecule has 0 aliphatic carbocycles. The van der Waals surface area contributed by atoms with Gasteiger partial charge in [0.2, 0.25) is 12.7 Å². The number of amides is 2. The molecule has 1 aliphatic rings. The van der Waals surface area contributed by atoms with E-state index in [4.69, 9.17) is 9.47 Å². The summed E-state index contributed by atoms with van der Waals surface area (Å²) >= 11 is 0. The van der Waals surface area contributed by atoms with Gasteiger partial charge in [-0.3, -0.25) is 14.6 Å². The van der Waals surface area contributed by atoms with Crippen molar-refractivity contribution in [2.24, 2.45) is 0 Å². The number of nitrogens with zero attached hydrogens (tertiary/aromatic N) is 1. The van der Waals surface area contributed by atoms with E-state index in [1.807, 2.05) is 0 Å². The molecule has 2 heterocycles. The quantitative estimate of drug-likeness (QED) is 0.885. The van der Waals surface area contributed by atoms with Gasteiger partial charge in [0, 0.05) is 18.0 Å². The second-order valence-electron chi connectivity index (χ2n) is 4.51. The maximum atomic E-state index is 11.8. The zero-order valence-electron chi connectivity index (χ0n) is 11.5. The number of nitrogens with one attached hydrogen (secondary N) is 2. The van der Waals surface area contributed by atoms with E-state index in [0.29, 0.717) is 17.2 Å². The molecule has 0 saturated heterocycles. The van der Waals surface area contributed by atoms with Crippen LogP contribution in [0.4, 0.5) is 5.69 Å². The predicted octanol–water partition coefficient (Wildman–Crippen LogP) is 1.18. The van der Waals surface area contributed by atoms with Gasteiger partial charge in [-0.05, 0) is 24.3 Å². The maximum absolute atomic E-state index is 11.8. The molecule has 7 heteroatoms. The van der Waals surface area contributed by atoms with Gasteiger partial charge < -0.3 is 20.1 Å². The van der Waals surface area contributed by atoms with E-state index in [0.717, 1.165) is 0 Å². The Bertz CT molecular complexity index is 703. The highest BCUT2D eigenvalue weighted by Crippen LogP contribution is 2.34. The fraction of sp³-hybridized carbons (Fsp3) is 0.133. The van der Waals surface area contributed by atoms with Crippen LogP contribution in [0.1, 0.15) is 10.5 Å². The van der Waals surface area contributed by atoms with E-state index in [1.54, 1.807) is 36.4 Å². The second kappa shape index (κ2) is 6.13. The first-order valence-electron chi connectivity index (χ1n) is 6.61. The summed E-state index contributed by atoms with van der Waals surface area (Å²) in [6, 6.07) is 10.1. The Morgan fingerprint density at radius 3 is 2.82 bits per heavy atom. The van der Waals surface area contributed by atoms with E-state index in [9.17, 15) is 9.59 Å². The minimum absolute atomic E-state index is 0.149. The molecule has 0 atom stereocenters. The van der Waals surface area contributed by atoms with Crippen molar-refractivity contribution in [1.82, 2.24) is 10.3 Å². The van der Waals surface area contributed by atoms with Crippen molar-refractivity contribution in [3.8, 4) is 11.5 Å². The van der Waals surface area contributed by atoms with E-state index >= 15 is 0 Å². The van der Waals surface area contributed by atoms with Crippen LogP contribution < -0.4 is 20.1 Å². The Kier molecular flexibility index (Phi) is 3.86. The molecule has 2 amide bonds. The number of benzene rings is 1. The van der Waals surface area contributed by atoms with Gasteiger partial charge in [-0.15, -0.1) is 0 Å². The first kappa shape index (κ1) is 13.9. The molecular weight excluding hydrogens is 286 g/mol. The number of pyridine rings is 1. The summed E-state index contributed by atoms with van der Waals surface area (Å²) in [7, 11) is 0. The van der Waals surface area contributed by atoms with Gasteiger partial charge in [-0.2, -0.15) is 0 Å². The summed E-state index contributed by atoms with van der Waals surface area (Å²) in [4.78, 5) is 27.5. The molecule has 112 valence electrons. The Balaban J connectivity index is 1.53. The molecule has 0 unspecified atom stereocenters. The molecule has 0 bridgehead atoms. The third kappa shape index (κ3) is 3.14. The van der Waals surface area contributed by atoms with Gasteiger partial charge in [0.15, 0.2) is 11.5 Å². The number of carbonyl (C=O) groups is 2. The smallest absolute Gasteiger partial charge is 0.270 e. The Morgan fingerprint density at radius 2 is 2.00 bits per heavy atom. The van der Waals surface area contributed by atoms with Gasteiger partial charge in [-0.25, -0.2) is 0 Å². The van der Waals surface area contributed by atoms with Crippen molar-refractivity contribution in [3.05, 3.63) is 48.3 Å². The fourth-order valence-electron chi connectivity index (χ4n) is 1.93. The molecule has 0 spiro atoms. The molecule has 0 radical (unpaired) electrons. The number of hydrogen-bond donors (Lipinski definition) is 2. The van der Waals surface area contributed by atoms with Crippen LogP contribution in [0.5, 0.6) is 11.5 Å². The first-order valence-corrected chi connectivity index (χ1v) is 6.61. The highest BCUT2D eigenvalue weighted by atomic mass is 16.7. The summed E-state index contributed by atoms with van der Waals surface area (Å²) in [6.45, 7) is 0.0245. The second-order valence-corrected chi connectivity index (χ2v) is 4.51. The van der Waals surface area contributed by atoms with Gasteiger partial charge in [0.05, 0.1) is 6.54 Å². The van der Waals surface area contributed by atoms with Crippen LogP contribution in [0.3, 0.4) is 0 Å². The average Bonchev–Trinajstić information content (AvgIpc) is 3.01. The number of rotatable bonds is 4. The van der Waals surface area contributed by atoms with Crippen molar-refractivity contribution in [3.63, 3.8) is 0 Å². The fourth-order valence-corrected chi connectivity index (χ4v) is 1.93. The molecule has 0 fully saturated rings. The molecular formula is C15H13N3O4. The molecule has 1 aromatic carbocycles. The van der Waals surface area contributed by atoms with Crippen LogP contribution >= 0.6 is 0 Å². The first-order chi connectivity index (χ1) is 10.7. The molecule has 1 aliphatic heterocycles. The summed E-state index contributed by atoms with van der Waals surface area (Å²) in [6.07, 6.45) is 1.52. The molecule has 7 nitrogen and oxygen atoms in total. The normalized spacial score (nSPS) is 11.8. The zero-order valence-corrected chi connectivity index (χ0v) is 11.5. The topological polar surface area (TPSA) is 89.6 Å². The number of hydrogen-bond acceptors (Lipinski definition) is 5. The molecule has 22 heavy (non-hydrogen) atoms. The number of anilines is 1. The van der Waals surface area contributed by atoms with E-state index in [-0.39, 0.29) is 24.9 Å². The third-order valence-corrected chi connectivity index (χ3v) is 2.96. The SMILES string of the molecule is O=C(CNC(=O)c1ccccn1)Nc1ccc2c(c1)OCO2. The maximum Gasteiger partial charge on any atom is 0.270 e. The lowest BCUT2D eigenvalue weighted by Crippen LogP contribution is -2.33. The van der Waals surface area contributed by atoms with Gasteiger partial charge in [-0.1, -0.05) is 6.07 Å². The van der Waals surface area contributed by atoms with Crippen molar-refractivity contribution in [2.45, 2.75) is 0 Å². The van der Waals surface area contributed by atoms with Crippen LogP contribution in [0.25, 0.3) is 0 Å². The molecule has 0 saturated carbocycles. The number of aromatic nitrogens is 1. The number of ether oxygens (including phenoxy) is 2. The Hall–Kier alpha value is -3.09. The van der Waals surface area contributed by atoms with Crippen LogP contribution in [-0.2, 0) is 4.79 Å². The standard InChI is InChI=1S/C15H13N3O4/c19-14(8-17-15(20)11-3-1-2-6-16-11)18-10-4-5-12-13(7-10)22-9-21-12/h1-7H,8-9H2,(H,17,20)(H,18,19). The molecule has 3 rings (SSSR count). The zero-order chi connectivity index (χ0) is 15.4. The predicted molar refractivity (Wildman–Crippen MR) is 77.8 cm³/mol. The molecule has 2 aromatic rings. The number of carbonyl (C=O) groups excluding carboxylic acids is 2. The van der Waals surface area contributed by atoms with Crippen molar-refractivity contribution >= 4 is 17.5 Å². The summed E-state index contributed by atoms with van der Waals surface area (Å²) < 4.78 is 10.4. The van der Waals surface area contributed by atoms with Gasteiger partial charge in [0.1, 0.15) is 5.69 Å². The summed E-state index contributed by atoms with van der Waals surface area (Å²) in [5.41, 5.74) is 0.833.